The lowest BCUT2D eigenvalue weighted by atomic mass is 9.96. The van der Waals surface area contributed by atoms with Gasteiger partial charge in [0, 0.05) is 36.8 Å². The molecule has 2 N–H and O–H groups in total. The van der Waals surface area contributed by atoms with E-state index >= 15 is 0 Å². The molecular weight excluding hydrogens is 198 g/mol. The Balaban J connectivity index is 1.97. The van der Waals surface area contributed by atoms with Crippen molar-refractivity contribution >= 4 is 5.82 Å². The van der Waals surface area contributed by atoms with E-state index in [2.05, 4.69) is 16.0 Å². The average Bonchev–Trinajstić information content (AvgIpc) is 2.95. The summed E-state index contributed by atoms with van der Waals surface area (Å²) in [5.41, 5.74) is 7.57. The van der Waals surface area contributed by atoms with E-state index in [0.717, 1.165) is 19.6 Å². The molecule has 0 bridgehead atoms. The topological polar surface area (TPSA) is 42.1 Å². The summed E-state index contributed by atoms with van der Waals surface area (Å²) < 4.78 is 0. The zero-order valence-corrected chi connectivity index (χ0v) is 9.65. The van der Waals surface area contributed by atoms with E-state index in [-0.39, 0.29) is 5.41 Å². The van der Waals surface area contributed by atoms with Crippen LogP contribution in [0.3, 0.4) is 0 Å². The Hall–Kier alpha value is -1.09. The van der Waals surface area contributed by atoms with Crippen molar-refractivity contribution < 1.29 is 0 Å². The minimum Gasteiger partial charge on any atom is -0.356 e. The molecule has 16 heavy (non-hydrogen) atoms. The van der Waals surface area contributed by atoms with Gasteiger partial charge in [0.2, 0.25) is 0 Å². The van der Waals surface area contributed by atoms with Crippen molar-refractivity contribution in [2.24, 2.45) is 5.73 Å². The Kier molecular flexibility index (Phi) is 2.36. The Bertz CT molecular complexity index is 379. The maximum atomic E-state index is 5.92. The molecule has 1 aliphatic carbocycles. The summed E-state index contributed by atoms with van der Waals surface area (Å²) in [5.74, 6) is 1.20. The first kappa shape index (κ1) is 10.1. The predicted octanol–water partition coefficient (Wildman–Crippen LogP) is 1.67. The van der Waals surface area contributed by atoms with Gasteiger partial charge in [-0.15, -0.1) is 0 Å². The second-order valence-electron chi connectivity index (χ2n) is 5.05. The normalized spacial score (nSPS) is 22.4. The highest BCUT2D eigenvalue weighted by atomic mass is 15.2. The van der Waals surface area contributed by atoms with Crippen molar-refractivity contribution in [2.45, 2.75) is 31.1 Å². The van der Waals surface area contributed by atoms with Crippen LogP contribution in [0.4, 0.5) is 5.82 Å². The van der Waals surface area contributed by atoms with E-state index in [4.69, 9.17) is 5.73 Å². The molecule has 0 amide bonds. The molecule has 1 aromatic rings. The molecule has 1 aliphatic heterocycles. The molecule has 0 radical (unpaired) electrons. The molecule has 2 fully saturated rings. The molecule has 0 spiro atoms. The van der Waals surface area contributed by atoms with Gasteiger partial charge < -0.3 is 10.6 Å². The lowest BCUT2D eigenvalue weighted by Gasteiger charge is -2.23. The lowest BCUT2D eigenvalue weighted by molar-refractivity contribution is 0.695. The molecule has 0 aromatic carbocycles. The Morgan fingerprint density at radius 3 is 2.69 bits per heavy atom. The summed E-state index contributed by atoms with van der Waals surface area (Å²) in [7, 11) is 0. The molecule has 1 saturated carbocycles. The SMILES string of the molecule is NCC1(c2cccnc2N2CCCC2)CC1. The number of hydrogen-bond acceptors (Lipinski definition) is 3. The summed E-state index contributed by atoms with van der Waals surface area (Å²) in [4.78, 5) is 7.01. The van der Waals surface area contributed by atoms with Crippen LogP contribution in [-0.2, 0) is 5.41 Å². The van der Waals surface area contributed by atoms with Crippen molar-refractivity contribution in [3.8, 4) is 0 Å². The van der Waals surface area contributed by atoms with Crippen molar-refractivity contribution in [1.82, 2.24) is 4.98 Å². The monoisotopic (exact) mass is 217 g/mol. The van der Waals surface area contributed by atoms with Gasteiger partial charge in [-0.25, -0.2) is 4.98 Å². The highest BCUT2D eigenvalue weighted by Gasteiger charge is 2.45. The first-order chi connectivity index (χ1) is 7.86. The number of pyridine rings is 1. The average molecular weight is 217 g/mol. The third-order valence-electron chi connectivity index (χ3n) is 4.01. The Morgan fingerprint density at radius 1 is 1.31 bits per heavy atom. The first-order valence-electron chi connectivity index (χ1n) is 6.26. The fourth-order valence-electron chi connectivity index (χ4n) is 2.73. The standard InChI is InChI=1S/C13H19N3/c14-10-13(5-6-13)11-4-3-7-15-12(11)16-8-1-2-9-16/h3-4,7H,1-2,5-6,8-10,14H2. The molecule has 3 rings (SSSR count). The van der Waals surface area contributed by atoms with Crippen LogP contribution < -0.4 is 10.6 Å². The van der Waals surface area contributed by atoms with Crippen LogP contribution in [0.5, 0.6) is 0 Å². The van der Waals surface area contributed by atoms with Crippen LogP contribution in [0.25, 0.3) is 0 Å². The zero-order valence-electron chi connectivity index (χ0n) is 9.65. The predicted molar refractivity (Wildman–Crippen MR) is 65.7 cm³/mol. The summed E-state index contributed by atoms with van der Waals surface area (Å²) in [6.45, 7) is 3.08. The molecule has 2 aliphatic rings. The second-order valence-corrected chi connectivity index (χ2v) is 5.05. The third-order valence-corrected chi connectivity index (χ3v) is 4.01. The number of rotatable bonds is 3. The number of hydrogen-bond donors (Lipinski definition) is 1. The van der Waals surface area contributed by atoms with Gasteiger partial charge in [0.05, 0.1) is 0 Å². The van der Waals surface area contributed by atoms with E-state index < -0.39 is 0 Å². The first-order valence-corrected chi connectivity index (χ1v) is 6.26. The van der Waals surface area contributed by atoms with E-state index in [0.29, 0.717) is 0 Å². The summed E-state index contributed by atoms with van der Waals surface area (Å²) in [5, 5.41) is 0. The van der Waals surface area contributed by atoms with E-state index in [1.165, 1.54) is 37.1 Å². The number of nitrogens with two attached hydrogens (primary N) is 1. The Morgan fingerprint density at radius 2 is 2.06 bits per heavy atom. The van der Waals surface area contributed by atoms with Gasteiger partial charge in [0.15, 0.2) is 0 Å². The van der Waals surface area contributed by atoms with Crippen LogP contribution in [0.2, 0.25) is 0 Å². The van der Waals surface area contributed by atoms with Gasteiger partial charge in [0.1, 0.15) is 5.82 Å². The molecule has 3 heteroatoms. The van der Waals surface area contributed by atoms with Crippen LogP contribution in [-0.4, -0.2) is 24.6 Å². The van der Waals surface area contributed by atoms with E-state index in [1.807, 2.05) is 12.3 Å². The van der Waals surface area contributed by atoms with Gasteiger partial charge in [-0.2, -0.15) is 0 Å². The number of aromatic nitrogens is 1. The summed E-state index contributed by atoms with van der Waals surface area (Å²) in [6, 6.07) is 4.27. The van der Waals surface area contributed by atoms with Crippen molar-refractivity contribution in [2.75, 3.05) is 24.5 Å². The molecule has 86 valence electrons. The van der Waals surface area contributed by atoms with Crippen molar-refractivity contribution in [3.63, 3.8) is 0 Å². The fraction of sp³-hybridized carbons (Fsp3) is 0.615. The molecule has 1 aromatic heterocycles. The third kappa shape index (κ3) is 1.50. The van der Waals surface area contributed by atoms with Crippen LogP contribution in [0.1, 0.15) is 31.2 Å². The van der Waals surface area contributed by atoms with Gasteiger partial charge in [0.25, 0.3) is 0 Å². The lowest BCUT2D eigenvalue weighted by Crippen LogP contribution is -2.26. The van der Waals surface area contributed by atoms with Gasteiger partial charge in [-0.3, -0.25) is 0 Å². The van der Waals surface area contributed by atoms with Gasteiger partial charge in [-0.1, -0.05) is 6.07 Å². The van der Waals surface area contributed by atoms with Gasteiger partial charge in [-0.05, 0) is 31.7 Å². The summed E-state index contributed by atoms with van der Waals surface area (Å²) in [6.07, 6.45) is 6.97. The smallest absolute Gasteiger partial charge is 0.132 e. The number of nitrogens with zero attached hydrogens (tertiary/aromatic N) is 2. The Labute approximate surface area is 96.7 Å². The van der Waals surface area contributed by atoms with E-state index in [9.17, 15) is 0 Å². The highest BCUT2D eigenvalue weighted by Crippen LogP contribution is 2.50. The molecule has 2 heterocycles. The molecular formula is C13H19N3. The van der Waals surface area contributed by atoms with Crippen LogP contribution in [0, 0.1) is 0 Å². The fourth-order valence-corrected chi connectivity index (χ4v) is 2.73. The minimum atomic E-state index is 0.256. The maximum absolute atomic E-state index is 5.92. The van der Waals surface area contributed by atoms with Crippen molar-refractivity contribution in [1.29, 1.82) is 0 Å². The van der Waals surface area contributed by atoms with Crippen LogP contribution in [0.15, 0.2) is 18.3 Å². The molecule has 0 atom stereocenters. The van der Waals surface area contributed by atoms with Gasteiger partial charge >= 0.3 is 0 Å². The molecule has 1 saturated heterocycles. The quantitative estimate of drug-likeness (QED) is 0.837. The second kappa shape index (κ2) is 3.74. The van der Waals surface area contributed by atoms with Crippen molar-refractivity contribution in [3.05, 3.63) is 23.9 Å². The molecule has 3 nitrogen and oxygen atoms in total. The van der Waals surface area contributed by atoms with E-state index in [1.54, 1.807) is 0 Å². The zero-order chi connectivity index (χ0) is 11.0. The largest absolute Gasteiger partial charge is 0.356 e. The number of anilines is 1. The maximum Gasteiger partial charge on any atom is 0.132 e. The highest BCUT2D eigenvalue weighted by molar-refractivity contribution is 5.53. The molecule has 0 unspecified atom stereocenters. The minimum absolute atomic E-state index is 0.256. The summed E-state index contributed by atoms with van der Waals surface area (Å²) >= 11 is 0. The van der Waals surface area contributed by atoms with Crippen LogP contribution >= 0.6 is 0 Å².